The number of rotatable bonds is 5. The molecule has 0 heterocycles. The van der Waals surface area contributed by atoms with Crippen LogP contribution in [-0.2, 0) is 0 Å². The lowest BCUT2D eigenvalue weighted by molar-refractivity contribution is 0.192. The van der Waals surface area contributed by atoms with Crippen molar-refractivity contribution in [2.75, 3.05) is 6.54 Å². The lowest BCUT2D eigenvalue weighted by Crippen LogP contribution is -2.41. The lowest BCUT2D eigenvalue weighted by Gasteiger charge is -2.36. The van der Waals surface area contributed by atoms with Crippen LogP contribution in [0.5, 0.6) is 0 Å². The van der Waals surface area contributed by atoms with Gasteiger partial charge in [-0.05, 0) is 30.6 Å². The fourth-order valence-corrected chi connectivity index (χ4v) is 2.81. The van der Waals surface area contributed by atoms with Crippen molar-refractivity contribution in [3.8, 4) is 0 Å². The zero-order chi connectivity index (χ0) is 11.3. The molecule has 15 heavy (non-hydrogen) atoms. The summed E-state index contributed by atoms with van der Waals surface area (Å²) in [4.78, 5) is 0. The molecule has 90 valence electrons. The second-order valence-corrected chi connectivity index (χ2v) is 6.01. The molecule has 1 aliphatic carbocycles. The number of hydrogen-bond acceptors (Lipinski definition) is 1. The Morgan fingerprint density at radius 3 is 2.20 bits per heavy atom. The average Bonchev–Trinajstić information content (AvgIpc) is 2.19. The molecule has 1 heteroatoms. The van der Waals surface area contributed by atoms with Crippen LogP contribution in [0.2, 0.25) is 0 Å². The average molecular weight is 211 g/mol. The van der Waals surface area contributed by atoms with Gasteiger partial charge in [0.2, 0.25) is 0 Å². The number of nitrogens with one attached hydrogen (secondary N) is 1. The van der Waals surface area contributed by atoms with Crippen LogP contribution in [-0.4, -0.2) is 12.6 Å². The first-order chi connectivity index (χ1) is 7.07. The van der Waals surface area contributed by atoms with Crippen LogP contribution in [0.15, 0.2) is 0 Å². The van der Waals surface area contributed by atoms with Crippen LogP contribution in [0.1, 0.15) is 66.2 Å². The molecule has 1 aliphatic rings. The molecule has 0 saturated heterocycles. The second-order valence-electron chi connectivity index (χ2n) is 6.01. The van der Waals surface area contributed by atoms with Crippen molar-refractivity contribution in [1.82, 2.24) is 5.32 Å². The molecule has 0 radical (unpaired) electrons. The highest BCUT2D eigenvalue weighted by atomic mass is 14.9. The molecule has 0 aromatic rings. The zero-order valence-corrected chi connectivity index (χ0v) is 11.1. The van der Waals surface area contributed by atoms with Gasteiger partial charge in [0.1, 0.15) is 0 Å². The Labute approximate surface area is 96.0 Å². The van der Waals surface area contributed by atoms with E-state index < -0.39 is 0 Å². The van der Waals surface area contributed by atoms with Gasteiger partial charge in [-0.2, -0.15) is 0 Å². The molecular weight excluding hydrogens is 182 g/mol. The van der Waals surface area contributed by atoms with Gasteiger partial charge >= 0.3 is 0 Å². The van der Waals surface area contributed by atoms with Gasteiger partial charge in [0.25, 0.3) is 0 Å². The fourth-order valence-electron chi connectivity index (χ4n) is 2.81. The Balaban J connectivity index is 2.33. The summed E-state index contributed by atoms with van der Waals surface area (Å²) in [6, 6.07) is 0.712. The first-order valence-corrected chi connectivity index (χ1v) is 6.81. The Morgan fingerprint density at radius 2 is 1.73 bits per heavy atom. The van der Waals surface area contributed by atoms with E-state index in [9.17, 15) is 0 Å². The summed E-state index contributed by atoms with van der Waals surface area (Å²) in [6.07, 6.45) is 8.45. The van der Waals surface area contributed by atoms with E-state index in [0.717, 1.165) is 5.92 Å². The molecule has 1 unspecified atom stereocenters. The standard InChI is InChI=1S/C14H29N/c1-5-13(12(2)3)15-11-14(4)9-7-6-8-10-14/h12-13,15H,5-11H2,1-4H3. The van der Waals surface area contributed by atoms with Gasteiger partial charge < -0.3 is 5.32 Å². The molecule has 0 spiro atoms. The molecule has 0 amide bonds. The summed E-state index contributed by atoms with van der Waals surface area (Å²) in [6.45, 7) is 10.6. The molecular formula is C14H29N. The molecule has 1 nitrogen and oxygen atoms in total. The summed E-state index contributed by atoms with van der Waals surface area (Å²) >= 11 is 0. The summed E-state index contributed by atoms with van der Waals surface area (Å²) in [7, 11) is 0. The Hall–Kier alpha value is -0.0400. The maximum absolute atomic E-state index is 3.78. The SMILES string of the molecule is CCC(NCC1(C)CCCCC1)C(C)C. The smallest absolute Gasteiger partial charge is 0.00876 e. The lowest BCUT2D eigenvalue weighted by atomic mass is 9.75. The molecule has 1 fully saturated rings. The van der Waals surface area contributed by atoms with Crippen molar-refractivity contribution in [3.05, 3.63) is 0 Å². The summed E-state index contributed by atoms with van der Waals surface area (Å²) < 4.78 is 0. The van der Waals surface area contributed by atoms with Gasteiger partial charge in [0, 0.05) is 12.6 Å². The van der Waals surface area contributed by atoms with E-state index in [4.69, 9.17) is 0 Å². The maximum atomic E-state index is 3.78. The van der Waals surface area contributed by atoms with E-state index in [1.165, 1.54) is 45.1 Å². The minimum Gasteiger partial charge on any atom is -0.313 e. The van der Waals surface area contributed by atoms with E-state index in [1.54, 1.807) is 0 Å². The quantitative estimate of drug-likeness (QED) is 0.725. The van der Waals surface area contributed by atoms with Crippen molar-refractivity contribution in [2.24, 2.45) is 11.3 Å². The first kappa shape index (κ1) is 13.0. The number of hydrogen-bond donors (Lipinski definition) is 1. The van der Waals surface area contributed by atoms with Crippen LogP contribution in [0, 0.1) is 11.3 Å². The molecule has 0 aromatic heterocycles. The van der Waals surface area contributed by atoms with Crippen molar-refractivity contribution in [3.63, 3.8) is 0 Å². The summed E-state index contributed by atoms with van der Waals surface area (Å²) in [5.41, 5.74) is 0.584. The zero-order valence-electron chi connectivity index (χ0n) is 11.1. The predicted molar refractivity (Wildman–Crippen MR) is 68.1 cm³/mol. The minimum atomic E-state index is 0.584. The second kappa shape index (κ2) is 5.89. The largest absolute Gasteiger partial charge is 0.313 e. The Morgan fingerprint density at radius 1 is 1.13 bits per heavy atom. The van der Waals surface area contributed by atoms with E-state index in [0.29, 0.717) is 11.5 Å². The van der Waals surface area contributed by atoms with E-state index >= 15 is 0 Å². The van der Waals surface area contributed by atoms with Gasteiger partial charge in [0.05, 0.1) is 0 Å². The topological polar surface area (TPSA) is 12.0 Å². The van der Waals surface area contributed by atoms with Crippen LogP contribution < -0.4 is 5.32 Å². The maximum Gasteiger partial charge on any atom is 0.00876 e. The van der Waals surface area contributed by atoms with Crippen molar-refractivity contribution < 1.29 is 0 Å². The van der Waals surface area contributed by atoms with E-state index in [-0.39, 0.29) is 0 Å². The van der Waals surface area contributed by atoms with Crippen molar-refractivity contribution in [2.45, 2.75) is 72.3 Å². The molecule has 1 saturated carbocycles. The van der Waals surface area contributed by atoms with Crippen LogP contribution in [0.4, 0.5) is 0 Å². The minimum absolute atomic E-state index is 0.584. The monoisotopic (exact) mass is 211 g/mol. The highest BCUT2D eigenvalue weighted by Gasteiger charge is 2.27. The van der Waals surface area contributed by atoms with Crippen molar-refractivity contribution >= 4 is 0 Å². The summed E-state index contributed by atoms with van der Waals surface area (Å²) in [5, 5.41) is 3.78. The van der Waals surface area contributed by atoms with Crippen LogP contribution in [0.3, 0.4) is 0 Å². The normalized spacial score (nSPS) is 23.0. The van der Waals surface area contributed by atoms with Gasteiger partial charge in [-0.3, -0.25) is 0 Å². The van der Waals surface area contributed by atoms with Gasteiger partial charge in [0.15, 0.2) is 0 Å². The third-order valence-corrected chi connectivity index (χ3v) is 4.10. The van der Waals surface area contributed by atoms with E-state index in [1.807, 2.05) is 0 Å². The molecule has 1 rings (SSSR count). The third kappa shape index (κ3) is 4.14. The molecule has 0 aliphatic heterocycles. The highest BCUT2D eigenvalue weighted by Crippen LogP contribution is 2.35. The van der Waals surface area contributed by atoms with Crippen LogP contribution in [0.25, 0.3) is 0 Å². The third-order valence-electron chi connectivity index (χ3n) is 4.10. The Bertz CT molecular complexity index is 168. The predicted octanol–water partition coefficient (Wildman–Crippen LogP) is 3.98. The van der Waals surface area contributed by atoms with Gasteiger partial charge in [-0.1, -0.05) is 47.0 Å². The van der Waals surface area contributed by atoms with E-state index in [2.05, 4.69) is 33.0 Å². The highest BCUT2D eigenvalue weighted by molar-refractivity contribution is 4.82. The molecule has 0 bridgehead atoms. The van der Waals surface area contributed by atoms with Gasteiger partial charge in [-0.15, -0.1) is 0 Å². The van der Waals surface area contributed by atoms with Crippen LogP contribution >= 0.6 is 0 Å². The van der Waals surface area contributed by atoms with Gasteiger partial charge in [-0.25, -0.2) is 0 Å². The summed E-state index contributed by atoms with van der Waals surface area (Å²) in [5.74, 6) is 0.766. The first-order valence-electron chi connectivity index (χ1n) is 6.81. The Kier molecular flexibility index (Phi) is 5.11. The fraction of sp³-hybridized carbons (Fsp3) is 1.00. The molecule has 1 atom stereocenters. The van der Waals surface area contributed by atoms with Crippen molar-refractivity contribution in [1.29, 1.82) is 0 Å². The molecule has 1 N–H and O–H groups in total. The molecule has 0 aromatic carbocycles.